The van der Waals surface area contributed by atoms with Crippen LogP contribution in [-0.2, 0) is 9.84 Å². The topological polar surface area (TPSA) is 63.2 Å². The van der Waals surface area contributed by atoms with Crippen LogP contribution >= 0.6 is 0 Å². The lowest BCUT2D eigenvalue weighted by Gasteiger charge is -2.09. The van der Waals surface area contributed by atoms with Crippen molar-refractivity contribution in [2.24, 2.45) is 0 Å². The highest BCUT2D eigenvalue weighted by Gasteiger charge is 2.12. The Morgan fingerprint density at radius 2 is 1.86 bits per heavy atom. The third kappa shape index (κ3) is 3.66. The maximum absolute atomic E-state index is 13.2. The molecule has 6 heteroatoms. The molecule has 2 rings (SSSR count). The summed E-state index contributed by atoms with van der Waals surface area (Å²) in [6.07, 6.45) is 1.07. The lowest BCUT2D eigenvalue weighted by Crippen LogP contribution is -2.13. The summed E-state index contributed by atoms with van der Waals surface area (Å²) < 4.78 is 36.2. The minimum Gasteiger partial charge on any atom is -0.322 e. The quantitative estimate of drug-likeness (QED) is 0.948. The van der Waals surface area contributed by atoms with Gasteiger partial charge in [-0.15, -0.1) is 0 Å². The number of nitrogens with one attached hydrogen (secondary N) is 1. The van der Waals surface area contributed by atoms with Crippen LogP contribution in [0.2, 0.25) is 0 Å². The highest BCUT2D eigenvalue weighted by molar-refractivity contribution is 7.90. The van der Waals surface area contributed by atoms with Gasteiger partial charge in [-0.05, 0) is 42.8 Å². The normalized spacial score (nSPS) is 11.2. The summed E-state index contributed by atoms with van der Waals surface area (Å²) in [7, 11) is -3.39. The van der Waals surface area contributed by atoms with E-state index in [2.05, 4.69) is 5.32 Å². The van der Waals surface area contributed by atoms with E-state index in [4.69, 9.17) is 0 Å². The number of sulfone groups is 1. The first-order chi connectivity index (χ1) is 9.77. The Balaban J connectivity index is 2.31. The molecule has 0 aliphatic carbocycles. The molecule has 110 valence electrons. The predicted molar refractivity (Wildman–Crippen MR) is 78.6 cm³/mol. The molecule has 0 atom stereocenters. The average Bonchev–Trinajstić information content (AvgIpc) is 2.42. The molecule has 1 amide bonds. The van der Waals surface area contributed by atoms with Crippen LogP contribution in [0.4, 0.5) is 10.1 Å². The molecule has 2 aromatic carbocycles. The van der Waals surface area contributed by atoms with E-state index in [0.717, 1.165) is 6.26 Å². The summed E-state index contributed by atoms with van der Waals surface area (Å²) in [5.74, 6) is -0.949. The molecule has 0 aliphatic heterocycles. The van der Waals surface area contributed by atoms with Gasteiger partial charge >= 0.3 is 0 Å². The standard InChI is InChI=1S/C15H14FNO3S/c1-10-6-7-12(16)9-14(10)17-15(18)11-4-3-5-13(8-11)21(2,19)20/h3-9H,1-2H3,(H,17,18). The Bertz CT molecular complexity index is 800. The van der Waals surface area contributed by atoms with Gasteiger partial charge in [-0.1, -0.05) is 12.1 Å². The monoisotopic (exact) mass is 307 g/mol. The molecular weight excluding hydrogens is 293 g/mol. The molecule has 0 fully saturated rings. The zero-order valence-electron chi connectivity index (χ0n) is 11.6. The van der Waals surface area contributed by atoms with Crippen molar-refractivity contribution >= 4 is 21.4 Å². The van der Waals surface area contributed by atoms with Gasteiger partial charge < -0.3 is 5.32 Å². The number of rotatable bonds is 3. The lowest BCUT2D eigenvalue weighted by atomic mass is 10.1. The van der Waals surface area contributed by atoms with Gasteiger partial charge in [0.2, 0.25) is 0 Å². The minimum atomic E-state index is -3.39. The second-order valence-electron chi connectivity index (χ2n) is 4.71. The number of amides is 1. The van der Waals surface area contributed by atoms with Crippen molar-refractivity contribution in [1.29, 1.82) is 0 Å². The fourth-order valence-corrected chi connectivity index (χ4v) is 2.46. The van der Waals surface area contributed by atoms with Crippen LogP contribution in [0.5, 0.6) is 0 Å². The van der Waals surface area contributed by atoms with E-state index < -0.39 is 21.6 Å². The molecule has 0 unspecified atom stereocenters. The molecule has 1 N–H and O–H groups in total. The number of hydrogen-bond donors (Lipinski definition) is 1. The second-order valence-corrected chi connectivity index (χ2v) is 6.73. The first-order valence-electron chi connectivity index (χ1n) is 6.15. The summed E-state index contributed by atoms with van der Waals surface area (Å²) in [4.78, 5) is 12.2. The third-order valence-corrected chi connectivity index (χ3v) is 4.08. The van der Waals surface area contributed by atoms with E-state index >= 15 is 0 Å². The Kier molecular flexibility index (Phi) is 4.09. The number of benzene rings is 2. The van der Waals surface area contributed by atoms with Gasteiger partial charge in [-0.3, -0.25) is 4.79 Å². The van der Waals surface area contributed by atoms with Crippen LogP contribution < -0.4 is 5.32 Å². The molecule has 0 aromatic heterocycles. The van der Waals surface area contributed by atoms with Gasteiger partial charge in [0.15, 0.2) is 9.84 Å². The molecule has 0 bridgehead atoms. The summed E-state index contributed by atoms with van der Waals surface area (Å²) >= 11 is 0. The van der Waals surface area contributed by atoms with Crippen LogP contribution in [0.15, 0.2) is 47.4 Å². The average molecular weight is 307 g/mol. The lowest BCUT2D eigenvalue weighted by molar-refractivity contribution is 0.102. The van der Waals surface area contributed by atoms with Crippen molar-refractivity contribution in [1.82, 2.24) is 0 Å². The number of anilines is 1. The molecule has 0 spiro atoms. The van der Waals surface area contributed by atoms with Gasteiger partial charge in [0.05, 0.1) is 4.90 Å². The molecule has 4 nitrogen and oxygen atoms in total. The number of aryl methyl sites for hydroxylation is 1. The number of carbonyl (C=O) groups excluding carboxylic acids is 1. The highest BCUT2D eigenvalue weighted by Crippen LogP contribution is 2.18. The van der Waals surface area contributed by atoms with E-state index in [1.807, 2.05) is 0 Å². The van der Waals surface area contributed by atoms with E-state index in [-0.39, 0.29) is 10.5 Å². The van der Waals surface area contributed by atoms with E-state index in [0.29, 0.717) is 11.3 Å². The first-order valence-corrected chi connectivity index (χ1v) is 8.04. The Hall–Kier alpha value is -2.21. The largest absolute Gasteiger partial charge is 0.322 e. The third-order valence-electron chi connectivity index (χ3n) is 2.97. The summed E-state index contributed by atoms with van der Waals surface area (Å²) in [5.41, 5.74) is 1.26. The fraction of sp³-hybridized carbons (Fsp3) is 0.133. The Morgan fingerprint density at radius 1 is 1.14 bits per heavy atom. The number of hydrogen-bond acceptors (Lipinski definition) is 3. The molecule has 0 saturated heterocycles. The second kappa shape index (κ2) is 5.65. The Morgan fingerprint density at radius 3 is 2.52 bits per heavy atom. The smallest absolute Gasteiger partial charge is 0.255 e. The molecular formula is C15H14FNO3S. The highest BCUT2D eigenvalue weighted by atomic mass is 32.2. The Labute approximate surface area is 122 Å². The van der Waals surface area contributed by atoms with E-state index in [9.17, 15) is 17.6 Å². The van der Waals surface area contributed by atoms with Crippen molar-refractivity contribution in [2.45, 2.75) is 11.8 Å². The summed E-state index contributed by atoms with van der Waals surface area (Å²) in [5, 5.41) is 2.57. The van der Waals surface area contributed by atoms with Crippen LogP contribution in [0.1, 0.15) is 15.9 Å². The molecule has 0 aliphatic rings. The van der Waals surface area contributed by atoms with Gasteiger partial charge in [0, 0.05) is 17.5 Å². The first kappa shape index (κ1) is 15.2. The maximum Gasteiger partial charge on any atom is 0.255 e. The molecule has 0 heterocycles. The van der Waals surface area contributed by atoms with Crippen LogP contribution in [-0.4, -0.2) is 20.6 Å². The number of carbonyl (C=O) groups is 1. The molecule has 0 saturated carbocycles. The molecule has 21 heavy (non-hydrogen) atoms. The van der Waals surface area contributed by atoms with E-state index in [1.165, 1.54) is 36.4 Å². The van der Waals surface area contributed by atoms with Crippen molar-refractivity contribution < 1.29 is 17.6 Å². The molecule has 2 aromatic rings. The van der Waals surface area contributed by atoms with Gasteiger partial charge in [0.25, 0.3) is 5.91 Å². The van der Waals surface area contributed by atoms with E-state index in [1.54, 1.807) is 13.0 Å². The maximum atomic E-state index is 13.2. The molecule has 0 radical (unpaired) electrons. The van der Waals surface area contributed by atoms with Crippen LogP contribution in [0.3, 0.4) is 0 Å². The van der Waals surface area contributed by atoms with Crippen molar-refractivity contribution in [3.05, 3.63) is 59.4 Å². The summed E-state index contributed by atoms with van der Waals surface area (Å²) in [6.45, 7) is 1.74. The fourth-order valence-electron chi connectivity index (χ4n) is 1.79. The predicted octanol–water partition coefficient (Wildman–Crippen LogP) is 2.79. The van der Waals surface area contributed by atoms with Crippen LogP contribution in [0.25, 0.3) is 0 Å². The SMILES string of the molecule is Cc1ccc(F)cc1NC(=O)c1cccc(S(C)(=O)=O)c1. The zero-order chi connectivity index (χ0) is 15.6. The van der Waals surface area contributed by atoms with Crippen molar-refractivity contribution in [2.75, 3.05) is 11.6 Å². The van der Waals surface area contributed by atoms with Gasteiger partial charge in [0.1, 0.15) is 5.82 Å². The zero-order valence-corrected chi connectivity index (χ0v) is 12.4. The minimum absolute atomic E-state index is 0.0612. The van der Waals surface area contributed by atoms with Crippen LogP contribution in [0, 0.1) is 12.7 Å². The summed E-state index contributed by atoms with van der Waals surface area (Å²) in [6, 6.07) is 9.77. The van der Waals surface area contributed by atoms with Crippen molar-refractivity contribution in [3.63, 3.8) is 0 Å². The van der Waals surface area contributed by atoms with Gasteiger partial charge in [-0.25, -0.2) is 12.8 Å². The number of halogens is 1. The van der Waals surface area contributed by atoms with Gasteiger partial charge in [-0.2, -0.15) is 0 Å². The van der Waals surface area contributed by atoms with Crippen molar-refractivity contribution in [3.8, 4) is 0 Å².